The molecular weight excluding hydrogens is 396 g/mol. The standard InChI is InChI=1S/C23H30N4O2S/c28-30(21-4-2-1-3-5-21)23-7-6-22(25-26-23)24-20-12-18-15-27(16-19(18)13-20)14-17-8-10-29-11-9-17/h1-7,17-20H,8-16H2,(H,24,25)/t18-,19+,20?,30?. The molecule has 1 saturated carbocycles. The van der Waals surface area contributed by atoms with Gasteiger partial charge in [-0.2, -0.15) is 0 Å². The average molecular weight is 427 g/mol. The van der Waals surface area contributed by atoms with Gasteiger partial charge in [0.2, 0.25) is 0 Å². The topological polar surface area (TPSA) is 73.3 Å². The summed E-state index contributed by atoms with van der Waals surface area (Å²) in [6, 6.07) is 13.6. The van der Waals surface area contributed by atoms with Crippen molar-refractivity contribution >= 4 is 17.0 Å². The second-order valence-corrected chi connectivity index (χ2v) is 10.4. The summed E-state index contributed by atoms with van der Waals surface area (Å²) >= 11 is -1.29. The van der Waals surface area contributed by atoms with E-state index in [1.807, 2.05) is 42.5 Å². The third kappa shape index (κ3) is 4.64. The molecule has 0 amide bonds. The van der Waals surface area contributed by atoms with Gasteiger partial charge in [0.25, 0.3) is 5.03 Å². The van der Waals surface area contributed by atoms with Gasteiger partial charge in [-0.3, -0.25) is 0 Å². The Hall–Kier alpha value is -1.67. The van der Waals surface area contributed by atoms with Crippen LogP contribution < -0.4 is 5.32 Å². The highest BCUT2D eigenvalue weighted by Crippen LogP contribution is 2.39. The molecule has 1 aromatic heterocycles. The Morgan fingerprint density at radius 2 is 1.73 bits per heavy atom. The van der Waals surface area contributed by atoms with E-state index in [1.54, 1.807) is 0 Å². The fourth-order valence-electron chi connectivity index (χ4n) is 5.33. The quantitative estimate of drug-likeness (QED) is 0.715. The number of anilines is 1. The minimum atomic E-state index is -1.29. The molecule has 3 heterocycles. The molecule has 1 aromatic carbocycles. The van der Waals surface area contributed by atoms with Crippen molar-refractivity contribution in [2.75, 3.05) is 38.2 Å². The lowest BCUT2D eigenvalue weighted by Gasteiger charge is -2.27. The first-order valence-corrected chi connectivity index (χ1v) is 12.3. The molecule has 2 saturated heterocycles. The summed E-state index contributed by atoms with van der Waals surface area (Å²) in [7, 11) is 0. The maximum Gasteiger partial charge on any atom is 0.269 e. The number of rotatable bonds is 6. The fraction of sp³-hybridized carbons (Fsp3) is 0.565. The maximum atomic E-state index is 12.6. The van der Waals surface area contributed by atoms with Crippen LogP contribution in [0, 0.1) is 17.8 Å². The molecule has 7 heteroatoms. The molecule has 30 heavy (non-hydrogen) atoms. The number of nitrogens with one attached hydrogen (secondary N) is 1. The van der Waals surface area contributed by atoms with Crippen LogP contribution >= 0.6 is 0 Å². The van der Waals surface area contributed by atoms with Gasteiger partial charge < -0.3 is 19.5 Å². The summed E-state index contributed by atoms with van der Waals surface area (Å²) in [6.45, 7) is 5.61. The molecule has 4 atom stereocenters. The van der Waals surface area contributed by atoms with Gasteiger partial charge in [-0.05, 0) is 61.6 Å². The number of nitrogens with zero attached hydrogens (tertiary/aromatic N) is 3. The van der Waals surface area contributed by atoms with Gasteiger partial charge in [-0.15, -0.1) is 5.10 Å². The summed E-state index contributed by atoms with van der Waals surface area (Å²) in [5.41, 5.74) is 0. The van der Waals surface area contributed by atoms with E-state index in [4.69, 9.17) is 4.74 Å². The van der Waals surface area contributed by atoms with Crippen molar-refractivity contribution in [3.8, 4) is 0 Å². The Kier molecular flexibility index (Phi) is 6.22. The minimum Gasteiger partial charge on any atom is -0.605 e. The van der Waals surface area contributed by atoms with E-state index >= 15 is 0 Å². The Balaban J connectivity index is 1.11. The highest BCUT2D eigenvalue weighted by atomic mass is 32.2. The second-order valence-electron chi connectivity index (χ2n) is 8.95. The summed E-state index contributed by atoms with van der Waals surface area (Å²) in [5, 5.41) is 12.6. The number of ether oxygens (including phenoxy) is 1. The molecule has 2 aromatic rings. The molecule has 5 rings (SSSR count). The van der Waals surface area contributed by atoms with Crippen LogP contribution in [0.5, 0.6) is 0 Å². The fourth-order valence-corrected chi connectivity index (χ4v) is 6.28. The van der Waals surface area contributed by atoms with Crippen LogP contribution in [0.15, 0.2) is 52.4 Å². The Labute approximate surface area is 181 Å². The Morgan fingerprint density at radius 1 is 1.00 bits per heavy atom. The zero-order valence-corrected chi connectivity index (χ0v) is 18.1. The largest absolute Gasteiger partial charge is 0.605 e. The number of hydrogen-bond donors (Lipinski definition) is 1. The Morgan fingerprint density at radius 3 is 2.40 bits per heavy atom. The van der Waals surface area contributed by atoms with Gasteiger partial charge in [0, 0.05) is 56.1 Å². The first-order chi connectivity index (χ1) is 14.7. The van der Waals surface area contributed by atoms with Crippen molar-refractivity contribution in [2.45, 2.75) is 41.6 Å². The van der Waals surface area contributed by atoms with Crippen molar-refractivity contribution in [2.24, 2.45) is 17.8 Å². The first kappa shape index (κ1) is 20.2. The number of hydrogen-bond acceptors (Lipinski definition) is 6. The van der Waals surface area contributed by atoms with Gasteiger partial charge >= 0.3 is 0 Å². The van der Waals surface area contributed by atoms with Gasteiger partial charge in [0.15, 0.2) is 4.90 Å². The van der Waals surface area contributed by atoms with Crippen molar-refractivity contribution in [1.29, 1.82) is 0 Å². The summed E-state index contributed by atoms with van der Waals surface area (Å²) in [6.07, 6.45) is 4.85. The third-order valence-electron chi connectivity index (χ3n) is 6.82. The predicted molar refractivity (Wildman–Crippen MR) is 117 cm³/mol. The van der Waals surface area contributed by atoms with E-state index in [0.717, 1.165) is 41.7 Å². The van der Waals surface area contributed by atoms with Crippen molar-refractivity contribution < 1.29 is 9.29 Å². The highest BCUT2D eigenvalue weighted by molar-refractivity contribution is 7.91. The molecule has 3 aliphatic rings. The molecular formula is C23H30N4O2S. The van der Waals surface area contributed by atoms with Crippen LogP contribution in [0.4, 0.5) is 5.82 Å². The second kappa shape index (κ2) is 9.22. The molecule has 0 radical (unpaired) electrons. The number of likely N-dealkylation sites (tertiary alicyclic amines) is 1. The summed E-state index contributed by atoms with van der Waals surface area (Å²) < 4.78 is 18.1. The molecule has 1 aliphatic carbocycles. The monoisotopic (exact) mass is 426 g/mol. The maximum absolute atomic E-state index is 12.6. The highest BCUT2D eigenvalue weighted by Gasteiger charge is 2.41. The van der Waals surface area contributed by atoms with Crippen LogP contribution in [0.3, 0.4) is 0 Å². The molecule has 2 unspecified atom stereocenters. The van der Waals surface area contributed by atoms with Gasteiger partial charge in [0.1, 0.15) is 5.82 Å². The van der Waals surface area contributed by atoms with Crippen LogP contribution in [-0.4, -0.2) is 58.5 Å². The normalized spacial score (nSPS) is 28.4. The zero-order valence-electron chi connectivity index (χ0n) is 17.3. The van der Waals surface area contributed by atoms with E-state index in [2.05, 4.69) is 20.4 Å². The molecule has 0 bridgehead atoms. The van der Waals surface area contributed by atoms with Crippen LogP contribution in [-0.2, 0) is 15.9 Å². The number of aromatic nitrogens is 2. The molecule has 1 N–H and O–H groups in total. The lowest BCUT2D eigenvalue weighted by molar-refractivity contribution is 0.0545. The van der Waals surface area contributed by atoms with Crippen LogP contribution in [0.1, 0.15) is 25.7 Å². The van der Waals surface area contributed by atoms with E-state index in [0.29, 0.717) is 11.1 Å². The minimum absolute atomic E-state index is 0.463. The van der Waals surface area contributed by atoms with Crippen LogP contribution in [0.25, 0.3) is 0 Å². The smallest absolute Gasteiger partial charge is 0.269 e. The van der Waals surface area contributed by atoms with E-state index < -0.39 is 11.2 Å². The molecule has 160 valence electrons. The lowest BCUT2D eigenvalue weighted by atomic mass is 10.00. The van der Waals surface area contributed by atoms with Crippen molar-refractivity contribution in [3.05, 3.63) is 42.5 Å². The molecule has 2 aliphatic heterocycles. The van der Waals surface area contributed by atoms with Crippen molar-refractivity contribution in [3.63, 3.8) is 0 Å². The molecule has 3 fully saturated rings. The number of fused-ring (bicyclic) bond motifs is 1. The van der Waals surface area contributed by atoms with Gasteiger partial charge in [-0.1, -0.05) is 23.3 Å². The zero-order chi connectivity index (χ0) is 20.3. The molecule has 6 nitrogen and oxygen atoms in total. The van der Waals surface area contributed by atoms with Gasteiger partial charge in [0.05, 0.1) is 0 Å². The van der Waals surface area contributed by atoms with Crippen LogP contribution in [0.2, 0.25) is 0 Å². The third-order valence-corrected chi connectivity index (χ3v) is 8.12. The van der Waals surface area contributed by atoms with E-state index in [1.165, 1.54) is 45.3 Å². The van der Waals surface area contributed by atoms with Gasteiger partial charge in [-0.25, -0.2) is 0 Å². The lowest BCUT2D eigenvalue weighted by Crippen LogP contribution is -2.32. The molecule has 0 spiro atoms. The summed E-state index contributed by atoms with van der Waals surface area (Å²) in [4.78, 5) is 3.44. The van der Waals surface area contributed by atoms with E-state index in [9.17, 15) is 4.55 Å². The summed E-state index contributed by atoms with van der Waals surface area (Å²) in [5.74, 6) is 3.19. The SMILES string of the molecule is [O-][S+](c1ccccc1)c1ccc(NC2C[C@@H]3CN(CC4CCOCC4)C[C@@H]3C2)nn1. The van der Waals surface area contributed by atoms with Crippen molar-refractivity contribution in [1.82, 2.24) is 15.1 Å². The predicted octanol–water partition coefficient (Wildman–Crippen LogP) is 3.19. The van der Waals surface area contributed by atoms with E-state index in [-0.39, 0.29) is 0 Å². The Bertz CT molecular complexity index is 802. The average Bonchev–Trinajstić information content (AvgIpc) is 3.33. The number of benzene rings is 1. The first-order valence-electron chi connectivity index (χ1n) is 11.1.